The van der Waals surface area contributed by atoms with Crippen molar-refractivity contribution in [3.63, 3.8) is 0 Å². The molecule has 0 aliphatic heterocycles. The summed E-state index contributed by atoms with van der Waals surface area (Å²) in [5, 5.41) is 1.24. The molecule has 4 aromatic rings. The number of aromatic nitrogens is 1. The van der Waals surface area contributed by atoms with E-state index in [9.17, 15) is 9.59 Å². The highest BCUT2D eigenvalue weighted by Gasteiger charge is 2.15. The Hall–Kier alpha value is -3.60. The Morgan fingerprint density at radius 1 is 0.862 bits per heavy atom. The average molecular weight is 386 g/mol. The molecule has 0 saturated heterocycles. The maximum Gasteiger partial charge on any atom is 0.242 e. The molecule has 1 heterocycles. The summed E-state index contributed by atoms with van der Waals surface area (Å²) in [6, 6.07) is 24.4. The Labute approximate surface area is 168 Å². The summed E-state index contributed by atoms with van der Waals surface area (Å²) >= 11 is 0. The van der Waals surface area contributed by atoms with Crippen LogP contribution in [0.1, 0.15) is 0 Å². The molecule has 0 saturated carbocycles. The first kappa shape index (κ1) is 18.7. The summed E-state index contributed by atoms with van der Waals surface area (Å²) in [6.45, 7) is 1.05. The van der Waals surface area contributed by atoms with E-state index >= 15 is 0 Å². The van der Waals surface area contributed by atoms with Gasteiger partial charge in [-0.2, -0.15) is 0 Å². The molecule has 146 valence electrons. The van der Waals surface area contributed by atoms with Crippen LogP contribution in [0.2, 0.25) is 0 Å². The van der Waals surface area contributed by atoms with Crippen molar-refractivity contribution in [2.75, 3.05) is 20.2 Å². The second kappa shape index (κ2) is 8.19. The van der Waals surface area contributed by atoms with Crippen molar-refractivity contribution >= 4 is 27.7 Å². The summed E-state index contributed by atoms with van der Waals surface area (Å²) in [5.41, 5.74) is 1.52. The molecule has 0 spiro atoms. The molecular formula is C24H22N2O3. The zero-order valence-corrected chi connectivity index (χ0v) is 16.2. The topological polar surface area (TPSA) is 51.5 Å². The van der Waals surface area contributed by atoms with Crippen LogP contribution in [-0.4, -0.2) is 35.6 Å². The van der Waals surface area contributed by atoms with Gasteiger partial charge in [0.25, 0.3) is 0 Å². The maximum atomic E-state index is 12.9. The molecule has 0 unspecified atom stereocenters. The van der Waals surface area contributed by atoms with Crippen molar-refractivity contribution < 1.29 is 9.53 Å². The standard InChI is InChI=1S/C24H22N2O3/c1-25(15-16-29-18-9-3-2-4-10-18)23(27)17-26-21-13-7-5-11-19(21)24(28)20-12-6-8-14-22(20)26/h2-14H,15-17H2,1H3. The number of fused-ring (bicyclic) bond motifs is 2. The van der Waals surface area contributed by atoms with E-state index in [1.54, 1.807) is 11.9 Å². The van der Waals surface area contributed by atoms with Gasteiger partial charge in [-0.3, -0.25) is 9.59 Å². The summed E-state index contributed by atoms with van der Waals surface area (Å²) in [5.74, 6) is 0.742. The van der Waals surface area contributed by atoms with Crippen LogP contribution in [-0.2, 0) is 11.3 Å². The zero-order valence-electron chi connectivity index (χ0n) is 16.2. The fourth-order valence-electron chi connectivity index (χ4n) is 3.45. The first-order valence-electron chi connectivity index (χ1n) is 9.57. The number of rotatable bonds is 6. The first-order valence-corrected chi connectivity index (χ1v) is 9.57. The Balaban J connectivity index is 1.57. The van der Waals surface area contributed by atoms with Crippen molar-refractivity contribution in [2.45, 2.75) is 6.54 Å². The van der Waals surface area contributed by atoms with E-state index in [-0.39, 0.29) is 17.9 Å². The van der Waals surface area contributed by atoms with Crippen molar-refractivity contribution in [2.24, 2.45) is 0 Å². The van der Waals surface area contributed by atoms with Gasteiger partial charge in [0.15, 0.2) is 5.43 Å². The first-order chi connectivity index (χ1) is 14.1. The fourth-order valence-corrected chi connectivity index (χ4v) is 3.45. The van der Waals surface area contributed by atoms with Crippen molar-refractivity contribution in [3.8, 4) is 5.75 Å². The molecular weight excluding hydrogens is 364 g/mol. The predicted octanol–water partition coefficient (Wildman–Crippen LogP) is 3.69. The molecule has 5 nitrogen and oxygen atoms in total. The van der Waals surface area contributed by atoms with Crippen LogP contribution in [0.3, 0.4) is 0 Å². The Bertz CT molecular complexity index is 1160. The van der Waals surface area contributed by atoms with E-state index in [2.05, 4.69) is 0 Å². The van der Waals surface area contributed by atoms with Gasteiger partial charge in [0.2, 0.25) is 5.91 Å². The summed E-state index contributed by atoms with van der Waals surface area (Å²) in [4.78, 5) is 27.4. The number of ether oxygens (including phenoxy) is 1. The second-order valence-corrected chi connectivity index (χ2v) is 6.93. The van der Waals surface area contributed by atoms with Gasteiger partial charge in [-0.25, -0.2) is 0 Å². The molecule has 0 N–H and O–H groups in total. The molecule has 0 radical (unpaired) electrons. The molecule has 3 aromatic carbocycles. The van der Waals surface area contributed by atoms with Gasteiger partial charge in [-0.1, -0.05) is 42.5 Å². The quantitative estimate of drug-likeness (QED) is 0.475. The highest BCUT2D eigenvalue weighted by atomic mass is 16.5. The largest absolute Gasteiger partial charge is 0.492 e. The molecule has 0 atom stereocenters. The van der Waals surface area contributed by atoms with Crippen molar-refractivity contribution in [3.05, 3.63) is 89.1 Å². The number of para-hydroxylation sites is 3. The lowest BCUT2D eigenvalue weighted by atomic mass is 10.1. The predicted molar refractivity (Wildman–Crippen MR) is 115 cm³/mol. The van der Waals surface area contributed by atoms with Crippen LogP contribution in [0.25, 0.3) is 21.8 Å². The lowest BCUT2D eigenvalue weighted by molar-refractivity contribution is -0.130. The zero-order chi connectivity index (χ0) is 20.2. The van der Waals surface area contributed by atoms with Crippen molar-refractivity contribution in [1.82, 2.24) is 9.47 Å². The van der Waals surface area contributed by atoms with Gasteiger partial charge in [0, 0.05) is 17.8 Å². The third kappa shape index (κ3) is 3.85. The van der Waals surface area contributed by atoms with Crippen LogP contribution in [0.4, 0.5) is 0 Å². The average Bonchev–Trinajstić information content (AvgIpc) is 2.77. The van der Waals surface area contributed by atoms with Gasteiger partial charge >= 0.3 is 0 Å². The minimum absolute atomic E-state index is 0.00971. The molecule has 0 aliphatic rings. The third-order valence-electron chi connectivity index (χ3n) is 5.04. The van der Waals surface area contributed by atoms with Gasteiger partial charge in [-0.05, 0) is 36.4 Å². The Morgan fingerprint density at radius 2 is 1.41 bits per heavy atom. The number of amides is 1. The fraction of sp³-hybridized carbons (Fsp3) is 0.167. The Kier molecular flexibility index (Phi) is 5.29. The van der Waals surface area contributed by atoms with Crippen LogP contribution >= 0.6 is 0 Å². The summed E-state index contributed by atoms with van der Waals surface area (Å²) in [7, 11) is 1.77. The summed E-state index contributed by atoms with van der Waals surface area (Å²) in [6.07, 6.45) is 0. The highest BCUT2D eigenvalue weighted by molar-refractivity contribution is 5.94. The van der Waals surface area contributed by atoms with Crippen LogP contribution < -0.4 is 10.2 Å². The maximum absolute atomic E-state index is 12.9. The van der Waals surface area contributed by atoms with Crippen molar-refractivity contribution in [1.29, 1.82) is 0 Å². The number of hydrogen-bond donors (Lipinski definition) is 0. The number of pyridine rings is 1. The Morgan fingerprint density at radius 3 is 2.03 bits per heavy atom. The minimum atomic E-state index is -0.0411. The molecule has 4 rings (SSSR count). The number of hydrogen-bond acceptors (Lipinski definition) is 3. The van der Waals surface area contributed by atoms with E-state index in [0.717, 1.165) is 16.8 Å². The molecule has 5 heteroatoms. The van der Waals surface area contributed by atoms with Crippen LogP contribution in [0, 0.1) is 0 Å². The normalized spacial score (nSPS) is 10.9. The number of benzene rings is 3. The molecule has 1 aromatic heterocycles. The number of likely N-dealkylation sites (N-methyl/N-ethyl adjacent to an activating group) is 1. The number of nitrogens with zero attached hydrogens (tertiary/aromatic N) is 2. The molecule has 0 bridgehead atoms. The number of carbonyl (C=O) groups is 1. The highest BCUT2D eigenvalue weighted by Crippen LogP contribution is 2.19. The minimum Gasteiger partial charge on any atom is -0.492 e. The van der Waals surface area contributed by atoms with Gasteiger partial charge in [0.1, 0.15) is 18.9 Å². The van der Waals surface area contributed by atoms with E-state index < -0.39 is 0 Å². The van der Waals surface area contributed by atoms with Gasteiger partial charge in [-0.15, -0.1) is 0 Å². The van der Waals surface area contributed by atoms with E-state index in [1.807, 2.05) is 83.4 Å². The monoisotopic (exact) mass is 386 g/mol. The van der Waals surface area contributed by atoms with E-state index in [0.29, 0.717) is 23.9 Å². The molecule has 29 heavy (non-hydrogen) atoms. The summed E-state index contributed by atoms with van der Waals surface area (Å²) < 4.78 is 7.61. The van der Waals surface area contributed by atoms with Crippen LogP contribution in [0.15, 0.2) is 83.7 Å². The van der Waals surface area contributed by atoms with Gasteiger partial charge in [0.05, 0.1) is 17.6 Å². The second-order valence-electron chi connectivity index (χ2n) is 6.93. The molecule has 0 fully saturated rings. The smallest absolute Gasteiger partial charge is 0.242 e. The lowest BCUT2D eigenvalue weighted by Crippen LogP contribution is -2.34. The molecule has 0 aliphatic carbocycles. The van der Waals surface area contributed by atoms with E-state index in [1.165, 1.54) is 0 Å². The third-order valence-corrected chi connectivity index (χ3v) is 5.04. The lowest BCUT2D eigenvalue weighted by Gasteiger charge is -2.20. The van der Waals surface area contributed by atoms with E-state index in [4.69, 9.17) is 4.74 Å². The SMILES string of the molecule is CN(CCOc1ccccc1)C(=O)Cn1c2ccccc2c(=O)c2ccccc21. The molecule has 1 amide bonds. The van der Waals surface area contributed by atoms with Crippen LogP contribution in [0.5, 0.6) is 5.75 Å². The van der Waals surface area contributed by atoms with Gasteiger partial charge < -0.3 is 14.2 Å². The number of carbonyl (C=O) groups excluding carboxylic acids is 1.